The van der Waals surface area contributed by atoms with Crippen molar-refractivity contribution in [1.82, 2.24) is 10.2 Å². The number of hydrogen-bond acceptors (Lipinski definition) is 3. The third-order valence-corrected chi connectivity index (χ3v) is 5.50. The van der Waals surface area contributed by atoms with E-state index in [4.69, 9.17) is 0 Å². The number of nitrogens with zero attached hydrogens (tertiary/aromatic N) is 1. The summed E-state index contributed by atoms with van der Waals surface area (Å²) in [7, 11) is 0. The van der Waals surface area contributed by atoms with Gasteiger partial charge in [-0.1, -0.05) is 61.0 Å². The van der Waals surface area contributed by atoms with Gasteiger partial charge in [0.25, 0.3) is 0 Å². The number of amides is 1. The maximum absolute atomic E-state index is 12.9. The van der Waals surface area contributed by atoms with Gasteiger partial charge in [0.15, 0.2) is 5.78 Å². The Morgan fingerprint density at radius 2 is 1.62 bits per heavy atom. The highest BCUT2D eigenvalue weighted by molar-refractivity contribution is 6.10. The summed E-state index contributed by atoms with van der Waals surface area (Å²) in [5, 5.41) is 3.05. The first-order chi connectivity index (χ1) is 13.7. The molecule has 3 rings (SSSR count). The molecule has 1 saturated heterocycles. The molecule has 0 saturated carbocycles. The Balaban J connectivity index is 0.00000300. The zero-order chi connectivity index (χ0) is 19.8. The van der Waals surface area contributed by atoms with E-state index in [1.807, 2.05) is 61.5 Å². The number of ketones is 1. The van der Waals surface area contributed by atoms with Crippen molar-refractivity contribution in [2.75, 3.05) is 26.2 Å². The van der Waals surface area contributed by atoms with Crippen LogP contribution < -0.4 is 5.32 Å². The number of nitrogens with one attached hydrogen (secondary N) is 1. The Bertz CT molecular complexity index is 788. The number of benzene rings is 2. The molecule has 1 amide bonds. The van der Waals surface area contributed by atoms with E-state index in [1.54, 1.807) is 0 Å². The number of hydrogen-bond donors (Lipinski definition) is 1. The van der Waals surface area contributed by atoms with E-state index in [2.05, 4.69) is 10.2 Å². The molecule has 0 aliphatic carbocycles. The molecule has 2 aromatic carbocycles. The quantitative estimate of drug-likeness (QED) is 0.513. The lowest BCUT2D eigenvalue weighted by Crippen LogP contribution is -2.34. The van der Waals surface area contributed by atoms with Crippen LogP contribution in [0.2, 0.25) is 0 Å². The van der Waals surface area contributed by atoms with Crippen LogP contribution in [0.4, 0.5) is 0 Å². The topological polar surface area (TPSA) is 49.4 Å². The molecule has 29 heavy (non-hydrogen) atoms. The molecule has 1 unspecified atom stereocenters. The van der Waals surface area contributed by atoms with Crippen LogP contribution in [0.1, 0.15) is 60.0 Å². The van der Waals surface area contributed by atoms with Gasteiger partial charge < -0.3 is 10.2 Å². The molecule has 1 aliphatic heterocycles. The number of piperidine rings is 1. The third-order valence-electron chi connectivity index (χ3n) is 5.50. The van der Waals surface area contributed by atoms with E-state index in [0.29, 0.717) is 17.7 Å². The van der Waals surface area contributed by atoms with Gasteiger partial charge in [0, 0.05) is 17.7 Å². The molecule has 156 valence electrons. The standard InChI is InChI=1S/C24H30N2O2.ClH/c1-19(24(28)25-15-10-18-26-16-8-3-9-17-26)21-13-6-7-14-22(21)23(27)20-11-4-2-5-12-20;/h2,4-7,11-14,19H,3,8-10,15-18H2,1H3,(H,25,28);1H. The van der Waals surface area contributed by atoms with Crippen molar-refractivity contribution >= 4 is 24.1 Å². The minimum atomic E-state index is -0.362. The summed E-state index contributed by atoms with van der Waals surface area (Å²) in [4.78, 5) is 28.0. The average Bonchev–Trinajstić information content (AvgIpc) is 2.77. The number of carbonyl (C=O) groups excluding carboxylic acids is 2. The van der Waals surface area contributed by atoms with Crippen LogP contribution in [-0.2, 0) is 4.79 Å². The minimum absolute atomic E-state index is 0. The summed E-state index contributed by atoms with van der Waals surface area (Å²) < 4.78 is 0. The van der Waals surface area contributed by atoms with Gasteiger partial charge in [0.2, 0.25) is 5.91 Å². The summed E-state index contributed by atoms with van der Waals surface area (Å²) in [6.45, 7) is 5.95. The van der Waals surface area contributed by atoms with Crippen LogP contribution in [0.3, 0.4) is 0 Å². The summed E-state index contributed by atoms with van der Waals surface area (Å²) in [5.41, 5.74) is 2.03. The van der Waals surface area contributed by atoms with Crippen LogP contribution in [0, 0.1) is 0 Å². The smallest absolute Gasteiger partial charge is 0.227 e. The SMILES string of the molecule is CC(C(=O)NCCCN1CCCCC1)c1ccccc1C(=O)c1ccccc1.Cl. The number of rotatable bonds is 8. The second-order valence-electron chi connectivity index (χ2n) is 7.55. The second kappa shape index (κ2) is 11.7. The normalized spacial score (nSPS) is 15.2. The Morgan fingerprint density at radius 3 is 2.34 bits per heavy atom. The molecule has 1 aliphatic rings. The molecule has 1 N–H and O–H groups in total. The highest BCUT2D eigenvalue weighted by Gasteiger charge is 2.21. The highest BCUT2D eigenvalue weighted by atomic mass is 35.5. The van der Waals surface area contributed by atoms with E-state index in [0.717, 1.165) is 18.5 Å². The second-order valence-corrected chi connectivity index (χ2v) is 7.55. The number of halogens is 1. The largest absolute Gasteiger partial charge is 0.356 e. The van der Waals surface area contributed by atoms with Crippen LogP contribution >= 0.6 is 12.4 Å². The molecular formula is C24H31ClN2O2. The highest BCUT2D eigenvalue weighted by Crippen LogP contribution is 2.23. The van der Waals surface area contributed by atoms with Crippen molar-refractivity contribution in [3.8, 4) is 0 Å². The van der Waals surface area contributed by atoms with Crippen molar-refractivity contribution in [3.63, 3.8) is 0 Å². The summed E-state index contributed by atoms with van der Waals surface area (Å²) >= 11 is 0. The molecule has 1 fully saturated rings. The molecule has 0 bridgehead atoms. The maximum Gasteiger partial charge on any atom is 0.227 e. The minimum Gasteiger partial charge on any atom is -0.356 e. The van der Waals surface area contributed by atoms with Crippen molar-refractivity contribution in [2.24, 2.45) is 0 Å². The van der Waals surface area contributed by atoms with Crippen molar-refractivity contribution in [2.45, 2.75) is 38.5 Å². The van der Waals surface area contributed by atoms with E-state index < -0.39 is 0 Å². The van der Waals surface area contributed by atoms with Crippen LogP contribution in [-0.4, -0.2) is 42.8 Å². The fourth-order valence-corrected chi connectivity index (χ4v) is 3.82. The molecule has 0 radical (unpaired) electrons. The van der Waals surface area contributed by atoms with Gasteiger partial charge >= 0.3 is 0 Å². The van der Waals surface area contributed by atoms with Gasteiger partial charge in [-0.3, -0.25) is 9.59 Å². The summed E-state index contributed by atoms with van der Waals surface area (Å²) in [5.74, 6) is -0.424. The van der Waals surface area contributed by atoms with E-state index in [9.17, 15) is 9.59 Å². The molecule has 0 spiro atoms. The van der Waals surface area contributed by atoms with Crippen LogP contribution in [0.15, 0.2) is 54.6 Å². The molecule has 5 heteroatoms. The third kappa shape index (κ3) is 6.41. The van der Waals surface area contributed by atoms with E-state index in [-0.39, 0.29) is 30.0 Å². The van der Waals surface area contributed by atoms with Gasteiger partial charge in [-0.05, 0) is 51.4 Å². The zero-order valence-corrected chi connectivity index (χ0v) is 17.9. The zero-order valence-electron chi connectivity index (χ0n) is 17.1. The molecule has 2 aromatic rings. The Labute approximate surface area is 180 Å². The first-order valence-electron chi connectivity index (χ1n) is 10.4. The summed E-state index contributed by atoms with van der Waals surface area (Å²) in [6.07, 6.45) is 4.88. The lowest BCUT2D eigenvalue weighted by atomic mass is 9.90. The number of carbonyl (C=O) groups is 2. The monoisotopic (exact) mass is 414 g/mol. The first kappa shape index (κ1) is 23.1. The molecule has 4 nitrogen and oxygen atoms in total. The average molecular weight is 415 g/mol. The van der Waals surface area contributed by atoms with Crippen molar-refractivity contribution in [1.29, 1.82) is 0 Å². The van der Waals surface area contributed by atoms with Crippen LogP contribution in [0.25, 0.3) is 0 Å². The Hall–Kier alpha value is -2.17. The first-order valence-corrected chi connectivity index (χ1v) is 10.4. The van der Waals surface area contributed by atoms with Gasteiger partial charge in [0.05, 0.1) is 5.92 Å². The Kier molecular flexibility index (Phi) is 9.36. The van der Waals surface area contributed by atoms with Gasteiger partial charge in [-0.25, -0.2) is 0 Å². The molecule has 0 aromatic heterocycles. The van der Waals surface area contributed by atoms with E-state index in [1.165, 1.54) is 32.4 Å². The lowest BCUT2D eigenvalue weighted by Gasteiger charge is -2.26. The molecule has 1 heterocycles. The number of likely N-dealkylation sites (tertiary alicyclic amines) is 1. The van der Waals surface area contributed by atoms with Crippen LogP contribution in [0.5, 0.6) is 0 Å². The van der Waals surface area contributed by atoms with Crippen molar-refractivity contribution in [3.05, 3.63) is 71.3 Å². The fraction of sp³-hybridized carbons (Fsp3) is 0.417. The lowest BCUT2D eigenvalue weighted by molar-refractivity contribution is -0.122. The molecule has 1 atom stereocenters. The summed E-state index contributed by atoms with van der Waals surface area (Å²) in [6, 6.07) is 16.7. The molecular weight excluding hydrogens is 384 g/mol. The van der Waals surface area contributed by atoms with Crippen molar-refractivity contribution < 1.29 is 9.59 Å². The predicted octanol–water partition coefficient (Wildman–Crippen LogP) is 4.44. The van der Waals surface area contributed by atoms with Gasteiger partial charge in [-0.15, -0.1) is 12.4 Å². The van der Waals surface area contributed by atoms with Gasteiger partial charge in [0.1, 0.15) is 0 Å². The van der Waals surface area contributed by atoms with E-state index >= 15 is 0 Å². The van der Waals surface area contributed by atoms with Gasteiger partial charge in [-0.2, -0.15) is 0 Å². The Morgan fingerprint density at radius 1 is 0.966 bits per heavy atom. The fourth-order valence-electron chi connectivity index (χ4n) is 3.82. The predicted molar refractivity (Wildman–Crippen MR) is 120 cm³/mol. The maximum atomic E-state index is 12.9.